The topological polar surface area (TPSA) is 117 Å². The first-order valence-corrected chi connectivity index (χ1v) is 11.0. The Bertz CT molecular complexity index is 858. The number of carbonyl (C=O) groups excluding carboxylic acids is 2. The summed E-state index contributed by atoms with van der Waals surface area (Å²) in [7, 11) is 0. The summed E-state index contributed by atoms with van der Waals surface area (Å²) in [5, 5.41) is 24.6. The van der Waals surface area contributed by atoms with E-state index in [4.69, 9.17) is 14.2 Å². The second kappa shape index (κ2) is 8.39. The highest BCUT2D eigenvalue weighted by atomic mass is 16.7. The van der Waals surface area contributed by atoms with Gasteiger partial charge in [-0.05, 0) is 20.8 Å². The molecule has 3 N–H and O–H groups in total. The van der Waals surface area contributed by atoms with Crippen LogP contribution >= 0.6 is 0 Å². The minimum atomic E-state index is -1.01. The molecule has 1 aromatic rings. The minimum absolute atomic E-state index is 0.0247. The third-order valence-electron chi connectivity index (χ3n) is 6.20. The molecule has 9 nitrogen and oxygen atoms in total. The van der Waals surface area contributed by atoms with Gasteiger partial charge in [0.25, 0.3) is 0 Å². The Morgan fingerprint density at radius 3 is 2.50 bits per heavy atom. The fourth-order valence-corrected chi connectivity index (χ4v) is 4.80. The lowest BCUT2D eigenvalue weighted by Crippen LogP contribution is -2.67. The normalized spacial score (nSPS) is 39.0. The summed E-state index contributed by atoms with van der Waals surface area (Å²) in [6.07, 6.45) is -3.39. The van der Waals surface area contributed by atoms with Gasteiger partial charge in [-0.2, -0.15) is 0 Å². The lowest BCUT2D eigenvalue weighted by molar-refractivity contribution is -0.272. The summed E-state index contributed by atoms with van der Waals surface area (Å²) in [6.45, 7) is 7.12. The van der Waals surface area contributed by atoms with Crippen molar-refractivity contribution < 1.29 is 34.0 Å². The van der Waals surface area contributed by atoms with E-state index in [1.54, 1.807) is 20.8 Å². The van der Waals surface area contributed by atoms with Crippen molar-refractivity contribution in [2.75, 3.05) is 13.2 Å². The number of aliphatic hydroxyl groups is 2. The minimum Gasteiger partial charge on any atom is -0.459 e. The van der Waals surface area contributed by atoms with Crippen molar-refractivity contribution in [1.29, 1.82) is 0 Å². The molecule has 1 unspecified atom stereocenters. The number of ether oxygens (including phenoxy) is 3. The fourth-order valence-electron chi connectivity index (χ4n) is 4.80. The van der Waals surface area contributed by atoms with Crippen molar-refractivity contribution in [1.82, 2.24) is 10.2 Å². The highest BCUT2D eigenvalue weighted by Gasteiger charge is 2.70. The summed E-state index contributed by atoms with van der Waals surface area (Å²) in [4.78, 5) is 26.8. The van der Waals surface area contributed by atoms with Crippen molar-refractivity contribution in [3.05, 3.63) is 35.9 Å². The SMILES string of the molecule is CC(=O)N[C@H]1[C@H]([C@@H]2O[C@H](c3ccccc3)OC[C@H]2O)N2C[C@@]2(C(=O)OC(C)(C)C)C[C@H]1O. The monoisotopic (exact) mass is 448 g/mol. The zero-order valence-corrected chi connectivity index (χ0v) is 18.9. The number of amides is 1. The first-order chi connectivity index (χ1) is 15.0. The number of benzene rings is 1. The van der Waals surface area contributed by atoms with Crippen LogP contribution in [0.3, 0.4) is 0 Å². The molecule has 176 valence electrons. The predicted molar refractivity (Wildman–Crippen MR) is 113 cm³/mol. The maximum atomic E-state index is 13.1. The van der Waals surface area contributed by atoms with Crippen LogP contribution in [-0.2, 0) is 23.8 Å². The summed E-state index contributed by atoms with van der Waals surface area (Å²) in [5.41, 5.74) is -0.890. The number of hydrogen-bond donors (Lipinski definition) is 3. The average Bonchev–Trinajstić information content (AvgIpc) is 3.43. The van der Waals surface area contributed by atoms with Gasteiger partial charge in [0, 0.05) is 25.5 Å². The lowest BCUT2D eigenvalue weighted by Gasteiger charge is -2.46. The summed E-state index contributed by atoms with van der Waals surface area (Å²) >= 11 is 0. The van der Waals surface area contributed by atoms with E-state index >= 15 is 0 Å². The van der Waals surface area contributed by atoms with Crippen LogP contribution in [0.2, 0.25) is 0 Å². The molecular formula is C23H32N2O7. The van der Waals surface area contributed by atoms with Gasteiger partial charge in [0.2, 0.25) is 5.91 Å². The molecule has 0 bridgehead atoms. The Morgan fingerprint density at radius 1 is 1.19 bits per heavy atom. The fraction of sp³-hybridized carbons (Fsp3) is 0.652. The first kappa shape index (κ1) is 23.1. The highest BCUT2D eigenvalue weighted by molar-refractivity contribution is 5.86. The number of carbonyl (C=O) groups is 2. The van der Waals surface area contributed by atoms with E-state index in [-0.39, 0.29) is 18.9 Å². The lowest BCUT2D eigenvalue weighted by atomic mass is 9.84. The number of aliphatic hydroxyl groups excluding tert-OH is 2. The number of piperidine rings is 1. The number of fused-ring (bicyclic) bond motifs is 1. The molecule has 1 aromatic carbocycles. The summed E-state index contributed by atoms with van der Waals surface area (Å²) in [5.74, 6) is -0.733. The maximum Gasteiger partial charge on any atom is 0.328 e. The molecule has 0 radical (unpaired) electrons. The summed E-state index contributed by atoms with van der Waals surface area (Å²) < 4.78 is 17.5. The van der Waals surface area contributed by atoms with Crippen LogP contribution in [0.4, 0.5) is 0 Å². The van der Waals surface area contributed by atoms with Crippen LogP contribution in [0.5, 0.6) is 0 Å². The second-order valence-corrected chi connectivity index (χ2v) is 9.89. The molecular weight excluding hydrogens is 416 g/mol. The Labute approximate surface area is 187 Å². The van der Waals surface area contributed by atoms with E-state index in [0.29, 0.717) is 6.54 Å². The van der Waals surface area contributed by atoms with Gasteiger partial charge >= 0.3 is 5.97 Å². The standard InChI is InChI=1S/C23H32N2O7/c1-13(26)24-17-15(27)10-23(21(29)32-22(2,3)4)12-25(23)18(17)19-16(28)11-30-20(31-19)14-8-6-5-7-9-14/h5-9,15-20,27-28H,10-12H2,1-4H3,(H,24,26)/t15-,16-,17-,18-,19-,20-,23-,25?/m1/s1. The number of nitrogens with zero attached hydrogens (tertiary/aromatic N) is 1. The molecule has 0 aromatic heterocycles. The number of esters is 1. The van der Waals surface area contributed by atoms with Crippen LogP contribution in [-0.4, -0.2) is 81.7 Å². The zero-order valence-electron chi connectivity index (χ0n) is 18.9. The van der Waals surface area contributed by atoms with Crippen LogP contribution in [0.15, 0.2) is 30.3 Å². The third kappa shape index (κ3) is 4.40. The third-order valence-corrected chi connectivity index (χ3v) is 6.20. The highest BCUT2D eigenvalue weighted by Crippen LogP contribution is 2.49. The molecule has 0 aliphatic carbocycles. The van der Waals surface area contributed by atoms with Gasteiger partial charge in [0.15, 0.2) is 6.29 Å². The Morgan fingerprint density at radius 2 is 1.88 bits per heavy atom. The van der Waals surface area contributed by atoms with E-state index in [2.05, 4.69) is 5.32 Å². The van der Waals surface area contributed by atoms with Crippen LogP contribution in [0.1, 0.15) is 46.0 Å². The van der Waals surface area contributed by atoms with Gasteiger partial charge in [-0.15, -0.1) is 0 Å². The number of rotatable bonds is 4. The van der Waals surface area contributed by atoms with Gasteiger partial charge in [0.05, 0.1) is 24.8 Å². The van der Waals surface area contributed by atoms with E-state index in [0.717, 1.165) is 5.56 Å². The second-order valence-electron chi connectivity index (χ2n) is 9.89. The molecule has 3 heterocycles. The number of hydrogen-bond acceptors (Lipinski definition) is 8. The van der Waals surface area contributed by atoms with E-state index < -0.39 is 53.8 Å². The molecule has 9 heteroatoms. The predicted octanol–water partition coefficient (Wildman–Crippen LogP) is 0.496. The van der Waals surface area contributed by atoms with E-state index in [1.165, 1.54) is 6.92 Å². The molecule has 32 heavy (non-hydrogen) atoms. The largest absolute Gasteiger partial charge is 0.459 e. The van der Waals surface area contributed by atoms with Crippen LogP contribution < -0.4 is 5.32 Å². The van der Waals surface area contributed by atoms with Gasteiger partial charge in [0.1, 0.15) is 23.3 Å². The number of nitrogens with one attached hydrogen (secondary N) is 1. The van der Waals surface area contributed by atoms with Gasteiger partial charge in [-0.25, -0.2) is 4.79 Å². The molecule has 1 amide bonds. The van der Waals surface area contributed by atoms with Crippen molar-refractivity contribution in [3.63, 3.8) is 0 Å². The smallest absolute Gasteiger partial charge is 0.328 e. The Balaban J connectivity index is 1.63. The first-order valence-electron chi connectivity index (χ1n) is 11.0. The van der Waals surface area contributed by atoms with E-state index in [1.807, 2.05) is 35.2 Å². The zero-order chi connectivity index (χ0) is 23.3. The van der Waals surface area contributed by atoms with Crippen molar-refractivity contribution in [2.24, 2.45) is 0 Å². The average molecular weight is 449 g/mol. The van der Waals surface area contributed by atoms with Crippen LogP contribution in [0.25, 0.3) is 0 Å². The van der Waals surface area contributed by atoms with Gasteiger partial charge in [-0.1, -0.05) is 30.3 Å². The Hall–Kier alpha value is -2.04. The van der Waals surface area contributed by atoms with Crippen LogP contribution in [0, 0.1) is 0 Å². The van der Waals surface area contributed by atoms with Crippen molar-refractivity contribution in [2.45, 2.75) is 81.9 Å². The van der Waals surface area contributed by atoms with Crippen molar-refractivity contribution >= 4 is 11.9 Å². The Kier molecular flexibility index (Phi) is 6.06. The molecule has 3 aliphatic rings. The van der Waals surface area contributed by atoms with Gasteiger partial charge in [-0.3, -0.25) is 9.69 Å². The molecule has 3 fully saturated rings. The molecule has 3 aliphatic heterocycles. The maximum absolute atomic E-state index is 13.1. The molecule has 0 saturated carbocycles. The van der Waals surface area contributed by atoms with Gasteiger partial charge < -0.3 is 29.7 Å². The van der Waals surface area contributed by atoms with E-state index in [9.17, 15) is 19.8 Å². The molecule has 3 saturated heterocycles. The quantitative estimate of drug-likeness (QED) is 0.450. The molecule has 8 atom stereocenters. The van der Waals surface area contributed by atoms with Crippen molar-refractivity contribution in [3.8, 4) is 0 Å². The summed E-state index contributed by atoms with van der Waals surface area (Å²) in [6, 6.07) is 7.98. The molecule has 0 spiro atoms. The molecule has 4 rings (SSSR count).